The second kappa shape index (κ2) is 5.62. The smallest absolute Gasteiger partial charge is 0.242 e. The number of hydrogen-bond donors (Lipinski definition) is 2. The Kier molecular flexibility index (Phi) is 3.92. The lowest BCUT2D eigenvalue weighted by molar-refractivity contribution is -0.132. The maximum Gasteiger partial charge on any atom is 0.242 e. The molecule has 96 valence electrons. The second-order valence-electron chi connectivity index (χ2n) is 4.47. The third kappa shape index (κ3) is 3.29. The van der Waals surface area contributed by atoms with Crippen LogP contribution in [0.5, 0.6) is 0 Å². The number of halogens is 1. The first-order valence-corrected chi connectivity index (χ1v) is 5.98. The van der Waals surface area contributed by atoms with E-state index in [4.69, 9.17) is 0 Å². The van der Waals surface area contributed by atoms with E-state index in [1.54, 1.807) is 12.1 Å². The molecule has 2 rings (SSSR count). The standard InChI is InChI=1S/C13H15FN2O2/c14-11-6-4-9(5-7-11)8-12(17)15-16-13(18)10-2-1-3-10/h4-7,10H,1-3,8H2,(H,15,17)(H,16,18). The SMILES string of the molecule is O=C(Cc1ccc(F)cc1)NNC(=O)C1CCC1. The van der Waals surface area contributed by atoms with Crippen LogP contribution in [-0.4, -0.2) is 11.8 Å². The van der Waals surface area contributed by atoms with Gasteiger partial charge in [0.1, 0.15) is 5.82 Å². The maximum atomic E-state index is 12.7. The molecular formula is C13H15FN2O2. The van der Waals surface area contributed by atoms with Gasteiger partial charge in [0.25, 0.3) is 0 Å². The van der Waals surface area contributed by atoms with Gasteiger partial charge in [-0.1, -0.05) is 18.6 Å². The van der Waals surface area contributed by atoms with Gasteiger partial charge in [-0.3, -0.25) is 20.4 Å². The molecule has 0 aliphatic heterocycles. The molecule has 1 aromatic carbocycles. The Balaban J connectivity index is 1.74. The van der Waals surface area contributed by atoms with Gasteiger partial charge in [-0.25, -0.2) is 4.39 Å². The molecule has 18 heavy (non-hydrogen) atoms. The van der Waals surface area contributed by atoms with Crippen LogP contribution in [0, 0.1) is 11.7 Å². The molecule has 0 unspecified atom stereocenters. The molecule has 0 saturated heterocycles. The van der Waals surface area contributed by atoms with E-state index in [1.165, 1.54) is 12.1 Å². The van der Waals surface area contributed by atoms with Gasteiger partial charge < -0.3 is 0 Å². The summed E-state index contributed by atoms with van der Waals surface area (Å²) in [7, 11) is 0. The summed E-state index contributed by atoms with van der Waals surface area (Å²) in [6.45, 7) is 0. The van der Waals surface area contributed by atoms with E-state index < -0.39 is 0 Å². The van der Waals surface area contributed by atoms with Crippen molar-refractivity contribution in [1.29, 1.82) is 0 Å². The highest BCUT2D eigenvalue weighted by Gasteiger charge is 2.25. The number of nitrogens with one attached hydrogen (secondary N) is 2. The molecule has 2 N–H and O–H groups in total. The van der Waals surface area contributed by atoms with E-state index in [2.05, 4.69) is 10.9 Å². The number of benzene rings is 1. The summed E-state index contributed by atoms with van der Waals surface area (Å²) >= 11 is 0. The van der Waals surface area contributed by atoms with Crippen molar-refractivity contribution in [2.45, 2.75) is 25.7 Å². The Morgan fingerprint density at radius 1 is 1.17 bits per heavy atom. The van der Waals surface area contributed by atoms with Gasteiger partial charge in [0.2, 0.25) is 11.8 Å². The van der Waals surface area contributed by atoms with E-state index in [0.717, 1.165) is 19.3 Å². The average Bonchev–Trinajstić information content (AvgIpc) is 2.27. The fourth-order valence-corrected chi connectivity index (χ4v) is 1.74. The highest BCUT2D eigenvalue weighted by Crippen LogP contribution is 2.25. The third-order valence-electron chi connectivity index (χ3n) is 3.08. The molecule has 4 nitrogen and oxygen atoms in total. The third-order valence-corrected chi connectivity index (χ3v) is 3.08. The Hall–Kier alpha value is -1.91. The van der Waals surface area contributed by atoms with Crippen molar-refractivity contribution in [3.05, 3.63) is 35.6 Å². The van der Waals surface area contributed by atoms with Gasteiger partial charge in [-0.05, 0) is 30.5 Å². The molecule has 0 atom stereocenters. The zero-order chi connectivity index (χ0) is 13.0. The average molecular weight is 250 g/mol. The van der Waals surface area contributed by atoms with Gasteiger partial charge in [0, 0.05) is 5.92 Å². The van der Waals surface area contributed by atoms with Crippen molar-refractivity contribution in [2.24, 2.45) is 5.92 Å². The van der Waals surface area contributed by atoms with Crippen LogP contribution in [0.15, 0.2) is 24.3 Å². The lowest BCUT2D eigenvalue weighted by Gasteiger charge is -2.23. The summed E-state index contributed by atoms with van der Waals surface area (Å²) < 4.78 is 12.7. The first kappa shape index (κ1) is 12.5. The van der Waals surface area contributed by atoms with Crippen LogP contribution in [0.3, 0.4) is 0 Å². The molecular weight excluding hydrogens is 235 g/mol. The summed E-state index contributed by atoms with van der Waals surface area (Å²) in [6, 6.07) is 5.69. The number of carbonyl (C=O) groups excluding carboxylic acids is 2. The van der Waals surface area contributed by atoms with Crippen molar-refractivity contribution in [3.8, 4) is 0 Å². The Bertz CT molecular complexity index is 441. The van der Waals surface area contributed by atoms with E-state index in [-0.39, 0.29) is 30.0 Å². The fraction of sp³-hybridized carbons (Fsp3) is 0.385. The molecule has 0 aromatic heterocycles. The van der Waals surface area contributed by atoms with E-state index >= 15 is 0 Å². The lowest BCUT2D eigenvalue weighted by Crippen LogP contribution is -2.46. The van der Waals surface area contributed by atoms with Crippen LogP contribution in [0.25, 0.3) is 0 Å². The predicted octanol–water partition coefficient (Wildman–Crippen LogP) is 1.32. The monoisotopic (exact) mass is 250 g/mol. The molecule has 0 heterocycles. The van der Waals surface area contributed by atoms with Gasteiger partial charge in [-0.2, -0.15) is 0 Å². The zero-order valence-corrected chi connectivity index (χ0v) is 9.91. The quantitative estimate of drug-likeness (QED) is 0.795. The molecule has 0 bridgehead atoms. The summed E-state index contributed by atoms with van der Waals surface area (Å²) in [4.78, 5) is 23.0. The van der Waals surface area contributed by atoms with E-state index in [0.29, 0.717) is 5.56 Å². The molecule has 1 aliphatic rings. The van der Waals surface area contributed by atoms with E-state index in [9.17, 15) is 14.0 Å². The van der Waals surface area contributed by atoms with Crippen LogP contribution >= 0.6 is 0 Å². The highest BCUT2D eigenvalue weighted by atomic mass is 19.1. The molecule has 2 amide bonds. The summed E-state index contributed by atoms with van der Waals surface area (Å²) in [5, 5.41) is 0. The van der Waals surface area contributed by atoms with Crippen molar-refractivity contribution < 1.29 is 14.0 Å². The van der Waals surface area contributed by atoms with E-state index in [1.807, 2.05) is 0 Å². The summed E-state index contributed by atoms with van der Waals surface area (Å²) in [6.07, 6.45) is 2.96. The minimum absolute atomic E-state index is 0.0381. The normalized spacial score (nSPS) is 14.7. The first-order chi connectivity index (χ1) is 8.65. The van der Waals surface area contributed by atoms with Crippen molar-refractivity contribution in [1.82, 2.24) is 10.9 Å². The van der Waals surface area contributed by atoms with Gasteiger partial charge in [-0.15, -0.1) is 0 Å². The minimum Gasteiger partial charge on any atom is -0.273 e. The van der Waals surface area contributed by atoms with Crippen molar-refractivity contribution in [3.63, 3.8) is 0 Å². The van der Waals surface area contributed by atoms with Crippen LogP contribution in [-0.2, 0) is 16.0 Å². The minimum atomic E-state index is -0.336. The van der Waals surface area contributed by atoms with Crippen molar-refractivity contribution in [2.75, 3.05) is 0 Å². The number of carbonyl (C=O) groups is 2. The number of hydrogen-bond acceptors (Lipinski definition) is 2. The number of rotatable bonds is 3. The Morgan fingerprint density at radius 2 is 1.83 bits per heavy atom. The Morgan fingerprint density at radius 3 is 2.39 bits per heavy atom. The fourth-order valence-electron chi connectivity index (χ4n) is 1.74. The lowest BCUT2D eigenvalue weighted by atomic mass is 9.85. The largest absolute Gasteiger partial charge is 0.273 e. The topological polar surface area (TPSA) is 58.2 Å². The van der Waals surface area contributed by atoms with Gasteiger partial charge in [0.05, 0.1) is 6.42 Å². The molecule has 0 spiro atoms. The van der Waals surface area contributed by atoms with Crippen LogP contribution < -0.4 is 10.9 Å². The highest BCUT2D eigenvalue weighted by molar-refractivity contribution is 5.84. The van der Waals surface area contributed by atoms with Crippen LogP contribution in [0.4, 0.5) is 4.39 Å². The molecule has 1 fully saturated rings. The molecule has 1 aliphatic carbocycles. The molecule has 0 radical (unpaired) electrons. The molecule has 1 saturated carbocycles. The molecule has 1 aromatic rings. The first-order valence-electron chi connectivity index (χ1n) is 5.98. The summed E-state index contributed by atoms with van der Waals surface area (Å²) in [5.74, 6) is -0.739. The maximum absolute atomic E-state index is 12.7. The zero-order valence-electron chi connectivity index (χ0n) is 9.91. The van der Waals surface area contributed by atoms with Crippen molar-refractivity contribution >= 4 is 11.8 Å². The predicted molar refractivity (Wildman–Crippen MR) is 63.7 cm³/mol. The van der Waals surface area contributed by atoms with Crippen LogP contribution in [0.1, 0.15) is 24.8 Å². The number of hydrazine groups is 1. The second-order valence-corrected chi connectivity index (χ2v) is 4.47. The summed E-state index contributed by atoms with van der Waals surface area (Å²) in [5.41, 5.74) is 5.47. The number of amides is 2. The van der Waals surface area contributed by atoms with Gasteiger partial charge in [0.15, 0.2) is 0 Å². The van der Waals surface area contributed by atoms with Gasteiger partial charge >= 0.3 is 0 Å². The van der Waals surface area contributed by atoms with Crippen LogP contribution in [0.2, 0.25) is 0 Å². The molecule has 5 heteroatoms. The Labute approximate surface area is 105 Å².